The second-order valence-corrected chi connectivity index (χ2v) is 14.7. The summed E-state index contributed by atoms with van der Waals surface area (Å²) in [6, 6.07) is 27.7. The molecule has 8 atom stereocenters. The first-order valence-corrected chi connectivity index (χ1v) is 16.4. The van der Waals surface area contributed by atoms with Crippen LogP contribution in [0.3, 0.4) is 0 Å². The molecule has 3 aliphatic carbocycles. The van der Waals surface area contributed by atoms with Crippen LogP contribution in [0.15, 0.2) is 97.1 Å². The van der Waals surface area contributed by atoms with Crippen LogP contribution in [-0.4, -0.2) is 24.5 Å². The Labute approximate surface area is 257 Å². The molecule has 3 heteroatoms. The Kier molecular flexibility index (Phi) is 7.42. The molecule has 1 amide bonds. The van der Waals surface area contributed by atoms with Gasteiger partial charge in [0.1, 0.15) is 0 Å². The van der Waals surface area contributed by atoms with Crippen molar-refractivity contribution in [1.29, 1.82) is 0 Å². The number of fused-ring (bicyclic) bond motifs is 3. The third kappa shape index (κ3) is 5.65. The number of hydrogen-bond donors (Lipinski definition) is 2. The lowest BCUT2D eigenvalue weighted by atomic mass is 9.81. The molecule has 1 saturated heterocycles. The van der Waals surface area contributed by atoms with Crippen molar-refractivity contribution in [3.8, 4) is 0 Å². The number of nitrogens with one attached hydrogen (secondary N) is 2. The lowest BCUT2D eigenvalue weighted by Crippen LogP contribution is -2.37. The summed E-state index contributed by atoms with van der Waals surface area (Å²) < 4.78 is 0. The number of amides is 1. The van der Waals surface area contributed by atoms with Gasteiger partial charge < -0.3 is 10.6 Å². The van der Waals surface area contributed by atoms with Gasteiger partial charge in [0.05, 0.1) is 0 Å². The van der Waals surface area contributed by atoms with Crippen LogP contribution in [0.25, 0.3) is 0 Å². The lowest BCUT2D eigenvalue weighted by Gasteiger charge is -2.27. The Morgan fingerprint density at radius 3 is 2.28 bits per heavy atom. The first kappa shape index (κ1) is 28.3. The van der Waals surface area contributed by atoms with E-state index in [1.54, 1.807) is 0 Å². The first-order chi connectivity index (χ1) is 20.8. The topological polar surface area (TPSA) is 41.1 Å². The molecule has 7 rings (SSSR count). The molecular formula is C40H46N2O. The Hall–Kier alpha value is -3.43. The average Bonchev–Trinajstić information content (AvgIpc) is 3.53. The monoisotopic (exact) mass is 570 g/mol. The van der Waals surface area contributed by atoms with Crippen LogP contribution >= 0.6 is 0 Å². The molecule has 0 bridgehead atoms. The van der Waals surface area contributed by atoms with Crippen LogP contribution in [0.1, 0.15) is 91.2 Å². The van der Waals surface area contributed by atoms with Crippen LogP contribution in [0, 0.1) is 24.7 Å². The Bertz CT molecular complexity index is 1530. The summed E-state index contributed by atoms with van der Waals surface area (Å²) in [6.45, 7) is 9.78. The summed E-state index contributed by atoms with van der Waals surface area (Å²) in [4.78, 5) is 13.5. The molecule has 3 nitrogen and oxygen atoms in total. The van der Waals surface area contributed by atoms with E-state index in [1.165, 1.54) is 33.4 Å². The lowest BCUT2D eigenvalue weighted by molar-refractivity contribution is -0.123. The molecule has 3 aromatic carbocycles. The number of carbonyl (C=O) groups is 1. The van der Waals surface area contributed by atoms with E-state index < -0.39 is 0 Å². The van der Waals surface area contributed by atoms with Crippen molar-refractivity contribution in [2.75, 3.05) is 6.54 Å². The third-order valence-corrected chi connectivity index (χ3v) is 10.7. The van der Waals surface area contributed by atoms with Gasteiger partial charge in [-0.2, -0.15) is 0 Å². The van der Waals surface area contributed by atoms with Gasteiger partial charge in [-0.1, -0.05) is 123 Å². The predicted molar refractivity (Wildman–Crippen MR) is 176 cm³/mol. The highest BCUT2D eigenvalue weighted by atomic mass is 16.2. The van der Waals surface area contributed by atoms with Crippen molar-refractivity contribution >= 4 is 5.91 Å². The molecule has 2 N–H and O–H groups in total. The molecule has 1 heterocycles. The molecule has 222 valence electrons. The zero-order valence-corrected chi connectivity index (χ0v) is 26.1. The van der Waals surface area contributed by atoms with Gasteiger partial charge in [-0.05, 0) is 77.2 Å². The largest absolute Gasteiger partial charge is 0.352 e. The highest BCUT2D eigenvalue weighted by Crippen LogP contribution is 2.55. The number of rotatable bonds is 7. The van der Waals surface area contributed by atoms with E-state index in [9.17, 15) is 4.79 Å². The zero-order chi connectivity index (χ0) is 29.7. The normalized spacial score (nSPS) is 29.6. The first-order valence-electron chi connectivity index (χ1n) is 16.4. The number of benzene rings is 3. The molecule has 8 unspecified atom stereocenters. The minimum Gasteiger partial charge on any atom is -0.352 e. The maximum atomic E-state index is 13.5. The summed E-state index contributed by atoms with van der Waals surface area (Å²) in [5, 5.41) is 7.28. The highest BCUT2D eigenvalue weighted by molar-refractivity contribution is 5.82. The van der Waals surface area contributed by atoms with E-state index in [1.807, 2.05) is 0 Å². The minimum absolute atomic E-state index is 0.131. The van der Waals surface area contributed by atoms with Crippen LogP contribution in [0.4, 0.5) is 0 Å². The minimum atomic E-state index is 0.131. The van der Waals surface area contributed by atoms with Crippen molar-refractivity contribution in [2.24, 2.45) is 17.8 Å². The van der Waals surface area contributed by atoms with Crippen molar-refractivity contribution in [3.05, 3.63) is 130 Å². The van der Waals surface area contributed by atoms with Crippen molar-refractivity contribution in [2.45, 2.75) is 82.2 Å². The SMILES string of the molecule is Cc1ccc(C(c2ccc(C(C)(C)C)cc2)C2CC(NC(=O)C3CC3CC3c4ccccc4C4C=CC=CC43)CN2)cc1. The van der Waals surface area contributed by atoms with Gasteiger partial charge >= 0.3 is 0 Å². The predicted octanol–water partition coefficient (Wildman–Crippen LogP) is 7.92. The Morgan fingerprint density at radius 2 is 1.56 bits per heavy atom. The number of aryl methyl sites for hydroxylation is 1. The molecule has 0 radical (unpaired) electrons. The summed E-state index contributed by atoms with van der Waals surface area (Å²) >= 11 is 0. The quantitative estimate of drug-likeness (QED) is 0.303. The van der Waals surface area contributed by atoms with E-state index in [4.69, 9.17) is 0 Å². The Morgan fingerprint density at radius 1 is 0.884 bits per heavy atom. The maximum absolute atomic E-state index is 13.5. The average molecular weight is 571 g/mol. The molecule has 4 aliphatic rings. The van der Waals surface area contributed by atoms with Gasteiger partial charge in [0.15, 0.2) is 0 Å². The van der Waals surface area contributed by atoms with E-state index in [0.29, 0.717) is 23.7 Å². The van der Waals surface area contributed by atoms with Gasteiger partial charge in [0, 0.05) is 36.4 Å². The van der Waals surface area contributed by atoms with Crippen LogP contribution in [0.2, 0.25) is 0 Å². The zero-order valence-electron chi connectivity index (χ0n) is 26.1. The molecule has 2 fully saturated rings. The molecule has 43 heavy (non-hydrogen) atoms. The molecule has 1 aliphatic heterocycles. The van der Waals surface area contributed by atoms with Gasteiger partial charge in [0.25, 0.3) is 0 Å². The van der Waals surface area contributed by atoms with Crippen molar-refractivity contribution in [3.63, 3.8) is 0 Å². The summed E-state index contributed by atoms with van der Waals surface area (Å²) in [6.07, 6.45) is 12.3. The molecule has 3 aromatic rings. The maximum Gasteiger partial charge on any atom is 0.223 e. The highest BCUT2D eigenvalue weighted by Gasteiger charge is 2.48. The smallest absolute Gasteiger partial charge is 0.223 e. The fourth-order valence-electron chi connectivity index (χ4n) is 8.18. The fraction of sp³-hybridized carbons (Fsp3) is 0.425. The third-order valence-electron chi connectivity index (χ3n) is 10.7. The second kappa shape index (κ2) is 11.2. The molecule has 0 aromatic heterocycles. The van der Waals surface area contributed by atoms with E-state index in [2.05, 4.69) is 135 Å². The van der Waals surface area contributed by atoms with E-state index >= 15 is 0 Å². The number of hydrogen-bond acceptors (Lipinski definition) is 2. The van der Waals surface area contributed by atoms with Crippen molar-refractivity contribution in [1.82, 2.24) is 10.6 Å². The summed E-state index contributed by atoms with van der Waals surface area (Å²) in [7, 11) is 0. The van der Waals surface area contributed by atoms with Gasteiger partial charge in [0.2, 0.25) is 5.91 Å². The van der Waals surface area contributed by atoms with Gasteiger partial charge in [-0.25, -0.2) is 0 Å². The second-order valence-electron chi connectivity index (χ2n) is 14.7. The van der Waals surface area contributed by atoms with Gasteiger partial charge in [-0.15, -0.1) is 0 Å². The standard InChI is InChI=1S/C40H46N2O/c1-25-13-15-26(16-14-25)38(27-17-19-29(20-18-27)40(2,3)4)37-23-30(24-41-37)42-39(43)35-21-28(35)22-36-33-11-7-5-9-31(33)32-10-6-8-12-34(32)36/h5-20,28,30-31,33,35-38,41H,21-24H2,1-4H3,(H,42,43). The molecule has 1 saturated carbocycles. The van der Waals surface area contributed by atoms with Crippen LogP contribution < -0.4 is 10.6 Å². The van der Waals surface area contributed by atoms with E-state index in [-0.39, 0.29) is 35.2 Å². The van der Waals surface area contributed by atoms with Crippen LogP contribution in [0.5, 0.6) is 0 Å². The van der Waals surface area contributed by atoms with Crippen LogP contribution in [-0.2, 0) is 10.2 Å². The molecular weight excluding hydrogens is 524 g/mol. The van der Waals surface area contributed by atoms with Crippen molar-refractivity contribution < 1.29 is 4.79 Å². The van der Waals surface area contributed by atoms with Gasteiger partial charge in [-0.3, -0.25) is 4.79 Å². The number of allylic oxidation sites excluding steroid dienone is 4. The number of carbonyl (C=O) groups excluding carboxylic acids is 1. The summed E-state index contributed by atoms with van der Waals surface area (Å²) in [5.41, 5.74) is 8.43. The van der Waals surface area contributed by atoms with E-state index in [0.717, 1.165) is 25.8 Å². The fourth-order valence-corrected chi connectivity index (χ4v) is 8.18. The summed E-state index contributed by atoms with van der Waals surface area (Å²) in [5.74, 6) is 2.70. The Balaban J connectivity index is 1.01. The molecule has 0 spiro atoms.